The van der Waals surface area contributed by atoms with Crippen LogP contribution in [0.15, 0.2) is 29.2 Å². The van der Waals surface area contributed by atoms with E-state index in [9.17, 15) is 17.2 Å². The highest BCUT2D eigenvalue weighted by Crippen LogP contribution is 2.17. The minimum Gasteiger partial charge on any atom is -0.488 e. The molecule has 0 aliphatic heterocycles. The number of alkyl halides is 2. The van der Waals surface area contributed by atoms with Crippen LogP contribution >= 0.6 is 0 Å². The average Bonchev–Trinajstić information content (AvgIpc) is 2.51. The Kier molecular flexibility index (Phi) is 6.70. The molecular weight excluding hydrogens is 314 g/mol. The van der Waals surface area contributed by atoms with Gasteiger partial charge in [-0.2, -0.15) is 0 Å². The Labute approximate surface area is 129 Å². The molecule has 0 saturated carbocycles. The van der Waals surface area contributed by atoms with Crippen LogP contribution in [0, 0.1) is 0 Å². The second kappa shape index (κ2) is 7.85. The van der Waals surface area contributed by atoms with Crippen LogP contribution in [0.4, 0.5) is 8.78 Å². The molecule has 1 aromatic carbocycles. The van der Waals surface area contributed by atoms with E-state index < -0.39 is 28.6 Å². The maximum atomic E-state index is 12.2. The number of nitrogens with two attached hydrogens (primary N) is 1. The summed E-state index contributed by atoms with van der Waals surface area (Å²) in [6.45, 7) is 3.19. The first-order valence-electron chi connectivity index (χ1n) is 7.02. The van der Waals surface area contributed by atoms with Crippen LogP contribution in [-0.2, 0) is 10.0 Å². The predicted octanol–water partition coefficient (Wildman–Crippen LogP) is 2.13. The fourth-order valence-corrected chi connectivity index (χ4v) is 2.83. The molecule has 0 aliphatic carbocycles. The number of ether oxygens (including phenoxy) is 1. The molecule has 0 bridgehead atoms. The van der Waals surface area contributed by atoms with Gasteiger partial charge >= 0.3 is 0 Å². The van der Waals surface area contributed by atoms with E-state index in [1.807, 2.05) is 13.8 Å². The Morgan fingerprint density at radius 3 is 2.23 bits per heavy atom. The van der Waals surface area contributed by atoms with Gasteiger partial charge in [-0.15, -0.1) is 0 Å². The molecule has 0 spiro atoms. The molecule has 8 heteroatoms. The van der Waals surface area contributed by atoms with Gasteiger partial charge in [0.15, 0.2) is 0 Å². The lowest BCUT2D eigenvalue weighted by atomic mass is 9.95. The van der Waals surface area contributed by atoms with Gasteiger partial charge in [0.25, 0.3) is 6.43 Å². The minimum atomic E-state index is -3.70. The predicted molar refractivity (Wildman–Crippen MR) is 80.6 cm³/mol. The number of hydrogen-bond acceptors (Lipinski definition) is 4. The van der Waals surface area contributed by atoms with Gasteiger partial charge in [-0.25, -0.2) is 21.9 Å². The summed E-state index contributed by atoms with van der Waals surface area (Å²) in [5.41, 5.74) is 5.47. The van der Waals surface area contributed by atoms with E-state index in [2.05, 4.69) is 4.72 Å². The molecule has 3 N–H and O–H groups in total. The number of sulfonamides is 1. The normalized spacial score (nSPS) is 12.6. The molecule has 0 aromatic heterocycles. The average molecular weight is 336 g/mol. The molecule has 126 valence electrons. The SMILES string of the molecule is CCC(N)(CC)CNS(=O)(=O)c1ccc(OCC(F)F)cc1. The van der Waals surface area contributed by atoms with E-state index in [0.717, 1.165) is 0 Å². The van der Waals surface area contributed by atoms with Gasteiger partial charge in [-0.3, -0.25) is 0 Å². The molecule has 0 saturated heterocycles. The third-order valence-corrected chi connectivity index (χ3v) is 4.95. The fraction of sp³-hybridized carbons (Fsp3) is 0.571. The lowest BCUT2D eigenvalue weighted by molar-refractivity contribution is 0.0819. The summed E-state index contributed by atoms with van der Waals surface area (Å²) in [4.78, 5) is 0.0338. The number of nitrogens with one attached hydrogen (secondary N) is 1. The molecule has 0 fully saturated rings. The van der Waals surface area contributed by atoms with Gasteiger partial charge in [-0.05, 0) is 37.1 Å². The maximum absolute atomic E-state index is 12.2. The zero-order valence-electron chi connectivity index (χ0n) is 12.7. The molecule has 5 nitrogen and oxygen atoms in total. The van der Waals surface area contributed by atoms with Crippen molar-refractivity contribution >= 4 is 10.0 Å². The molecule has 0 heterocycles. The molecular formula is C14H22F2N2O3S. The summed E-state index contributed by atoms with van der Waals surface area (Å²) >= 11 is 0. The van der Waals surface area contributed by atoms with E-state index in [-0.39, 0.29) is 17.2 Å². The van der Waals surface area contributed by atoms with Crippen molar-refractivity contribution in [2.45, 2.75) is 43.5 Å². The highest BCUT2D eigenvalue weighted by atomic mass is 32.2. The van der Waals surface area contributed by atoms with E-state index in [1.54, 1.807) is 0 Å². The van der Waals surface area contributed by atoms with Gasteiger partial charge in [-0.1, -0.05) is 13.8 Å². The quantitative estimate of drug-likeness (QED) is 0.724. The van der Waals surface area contributed by atoms with Gasteiger partial charge in [0.1, 0.15) is 12.4 Å². The summed E-state index contributed by atoms with van der Waals surface area (Å²) < 4.78 is 55.6. The Hall–Kier alpha value is -1.25. The van der Waals surface area contributed by atoms with E-state index in [1.165, 1.54) is 24.3 Å². The van der Waals surface area contributed by atoms with Crippen LogP contribution in [0.2, 0.25) is 0 Å². The molecule has 22 heavy (non-hydrogen) atoms. The van der Waals surface area contributed by atoms with Crippen LogP contribution in [0.3, 0.4) is 0 Å². The zero-order valence-corrected chi connectivity index (χ0v) is 13.5. The van der Waals surface area contributed by atoms with Crippen LogP contribution in [-0.4, -0.2) is 33.5 Å². The number of hydrogen-bond donors (Lipinski definition) is 2. The summed E-state index contributed by atoms with van der Waals surface area (Å²) in [7, 11) is -3.70. The van der Waals surface area contributed by atoms with E-state index in [0.29, 0.717) is 12.8 Å². The third kappa shape index (κ3) is 5.51. The van der Waals surface area contributed by atoms with Gasteiger partial charge in [0.2, 0.25) is 10.0 Å². The first-order valence-corrected chi connectivity index (χ1v) is 8.50. The number of benzene rings is 1. The first-order chi connectivity index (χ1) is 10.2. The highest BCUT2D eigenvalue weighted by molar-refractivity contribution is 7.89. The first kappa shape index (κ1) is 18.8. The van der Waals surface area contributed by atoms with Crippen LogP contribution in [0.1, 0.15) is 26.7 Å². The molecule has 1 aromatic rings. The smallest absolute Gasteiger partial charge is 0.272 e. The molecule has 0 radical (unpaired) electrons. The number of halogens is 2. The minimum absolute atomic E-state index is 0.0338. The fourth-order valence-electron chi connectivity index (χ4n) is 1.70. The van der Waals surface area contributed by atoms with Gasteiger partial charge in [0.05, 0.1) is 4.90 Å². The second-order valence-electron chi connectivity index (χ2n) is 5.07. The molecule has 1 rings (SSSR count). The lowest BCUT2D eigenvalue weighted by Crippen LogP contribution is -2.49. The lowest BCUT2D eigenvalue weighted by Gasteiger charge is -2.26. The van der Waals surface area contributed by atoms with Gasteiger partial charge in [0, 0.05) is 12.1 Å². The second-order valence-corrected chi connectivity index (χ2v) is 6.83. The maximum Gasteiger partial charge on any atom is 0.272 e. The Bertz CT molecular complexity index is 558. The van der Waals surface area contributed by atoms with Crippen molar-refractivity contribution < 1.29 is 21.9 Å². The van der Waals surface area contributed by atoms with E-state index >= 15 is 0 Å². The summed E-state index contributed by atoms with van der Waals surface area (Å²) in [5, 5.41) is 0. The highest BCUT2D eigenvalue weighted by Gasteiger charge is 2.24. The summed E-state index contributed by atoms with van der Waals surface area (Å²) in [6.07, 6.45) is -1.29. The van der Waals surface area contributed by atoms with Crippen LogP contribution in [0.5, 0.6) is 5.75 Å². The van der Waals surface area contributed by atoms with Crippen LogP contribution < -0.4 is 15.2 Å². The number of rotatable bonds is 9. The van der Waals surface area contributed by atoms with Gasteiger partial charge < -0.3 is 10.5 Å². The molecule has 0 aliphatic rings. The van der Waals surface area contributed by atoms with Crippen molar-refractivity contribution in [2.24, 2.45) is 5.73 Å². The van der Waals surface area contributed by atoms with Crippen molar-refractivity contribution in [1.29, 1.82) is 0 Å². The largest absolute Gasteiger partial charge is 0.488 e. The Balaban J connectivity index is 2.73. The van der Waals surface area contributed by atoms with Crippen molar-refractivity contribution in [3.63, 3.8) is 0 Å². The Morgan fingerprint density at radius 2 is 1.77 bits per heavy atom. The van der Waals surface area contributed by atoms with E-state index in [4.69, 9.17) is 10.5 Å². The third-order valence-electron chi connectivity index (χ3n) is 3.53. The topological polar surface area (TPSA) is 81.4 Å². The standard InChI is InChI=1S/C14H22F2N2O3S/c1-3-14(17,4-2)10-18-22(19,20)12-7-5-11(6-8-12)21-9-13(15)16/h5-8,13,18H,3-4,9-10,17H2,1-2H3. The van der Waals surface area contributed by atoms with Crippen molar-refractivity contribution in [3.05, 3.63) is 24.3 Å². The van der Waals surface area contributed by atoms with Crippen molar-refractivity contribution in [1.82, 2.24) is 4.72 Å². The zero-order chi connectivity index (χ0) is 16.8. The Morgan fingerprint density at radius 1 is 1.23 bits per heavy atom. The van der Waals surface area contributed by atoms with Crippen molar-refractivity contribution in [3.8, 4) is 5.75 Å². The molecule has 0 unspecified atom stereocenters. The summed E-state index contributed by atoms with van der Waals surface area (Å²) in [5.74, 6) is 0.189. The summed E-state index contributed by atoms with van der Waals surface area (Å²) in [6, 6.07) is 5.29. The van der Waals surface area contributed by atoms with Crippen molar-refractivity contribution in [2.75, 3.05) is 13.2 Å². The molecule has 0 atom stereocenters. The molecule has 0 amide bonds. The van der Waals surface area contributed by atoms with Crippen LogP contribution in [0.25, 0.3) is 0 Å². The monoisotopic (exact) mass is 336 g/mol.